The average Bonchev–Trinajstić information content (AvgIpc) is 3.01. The molecule has 0 aliphatic carbocycles. The standard InChI is InChI=1S/C22H22N4O2S2/c1-2-9-26-21(28)18(30-22(26)29)13-16-12-15-5-3-4-6-17(15)24-20(16)25-10-7-14(8-11-25)19(23)27/h2-6,12-14H,1,7-11H2,(H2,23,27)/b18-13-. The number of fused-ring (bicyclic) bond motifs is 1. The van der Waals surface area contributed by atoms with Crippen molar-refractivity contribution >= 4 is 62.9 Å². The van der Waals surface area contributed by atoms with E-state index in [0.717, 1.165) is 22.3 Å². The van der Waals surface area contributed by atoms with Gasteiger partial charge in [-0.1, -0.05) is 48.3 Å². The molecular weight excluding hydrogens is 416 g/mol. The molecule has 0 saturated carbocycles. The molecule has 2 amide bonds. The summed E-state index contributed by atoms with van der Waals surface area (Å²) >= 11 is 6.65. The number of benzene rings is 1. The van der Waals surface area contributed by atoms with Crippen LogP contribution in [0.1, 0.15) is 18.4 Å². The van der Waals surface area contributed by atoms with Gasteiger partial charge >= 0.3 is 0 Å². The van der Waals surface area contributed by atoms with Crippen molar-refractivity contribution in [3.8, 4) is 0 Å². The van der Waals surface area contributed by atoms with Gasteiger partial charge in [0.25, 0.3) is 5.91 Å². The summed E-state index contributed by atoms with van der Waals surface area (Å²) in [6.07, 6.45) is 4.94. The zero-order valence-electron chi connectivity index (χ0n) is 16.4. The van der Waals surface area contributed by atoms with Gasteiger partial charge in [0.15, 0.2) is 0 Å². The topological polar surface area (TPSA) is 79.5 Å². The fraction of sp³-hybridized carbons (Fsp3) is 0.273. The Bertz CT molecular complexity index is 1070. The van der Waals surface area contributed by atoms with E-state index in [4.69, 9.17) is 22.9 Å². The molecule has 2 aliphatic rings. The minimum atomic E-state index is -0.243. The Kier molecular flexibility index (Phi) is 5.87. The monoisotopic (exact) mass is 438 g/mol. The van der Waals surface area contributed by atoms with Gasteiger partial charge in [0.1, 0.15) is 10.1 Å². The first kappa shape index (κ1) is 20.6. The summed E-state index contributed by atoms with van der Waals surface area (Å²) in [7, 11) is 0. The Morgan fingerprint density at radius 1 is 1.33 bits per heavy atom. The first-order chi connectivity index (χ1) is 14.5. The number of hydrogen-bond donors (Lipinski definition) is 1. The highest BCUT2D eigenvalue weighted by Gasteiger charge is 2.32. The molecule has 0 bridgehead atoms. The number of pyridine rings is 1. The maximum atomic E-state index is 12.8. The summed E-state index contributed by atoms with van der Waals surface area (Å²) in [4.78, 5) is 33.5. The molecule has 30 heavy (non-hydrogen) atoms. The summed E-state index contributed by atoms with van der Waals surface area (Å²) in [5.74, 6) is 0.356. The zero-order chi connectivity index (χ0) is 21.3. The SMILES string of the molecule is C=CCN1C(=O)/C(=C/c2cc3ccccc3nc2N2CCC(C(N)=O)CC2)SC1=S. The molecule has 0 unspecified atom stereocenters. The van der Waals surface area contributed by atoms with Crippen LogP contribution in [0.2, 0.25) is 0 Å². The normalized spacial score (nSPS) is 19.1. The molecule has 0 radical (unpaired) electrons. The van der Waals surface area contributed by atoms with Crippen molar-refractivity contribution in [3.05, 3.63) is 53.5 Å². The second-order valence-corrected chi connectivity index (χ2v) is 9.01. The lowest BCUT2D eigenvalue weighted by molar-refractivity contribution is -0.122. The van der Waals surface area contributed by atoms with Crippen LogP contribution in [0, 0.1) is 5.92 Å². The Labute approximate surface area is 184 Å². The average molecular weight is 439 g/mol. The van der Waals surface area contributed by atoms with E-state index in [9.17, 15) is 9.59 Å². The third kappa shape index (κ3) is 3.97. The summed E-state index contributed by atoms with van der Waals surface area (Å²) < 4.78 is 0.531. The van der Waals surface area contributed by atoms with Crippen molar-refractivity contribution in [2.75, 3.05) is 24.5 Å². The van der Waals surface area contributed by atoms with Crippen LogP contribution in [-0.2, 0) is 9.59 Å². The van der Waals surface area contributed by atoms with E-state index < -0.39 is 0 Å². The van der Waals surface area contributed by atoms with Gasteiger partial charge in [0, 0.05) is 36.5 Å². The molecule has 2 fully saturated rings. The zero-order valence-corrected chi connectivity index (χ0v) is 18.0. The first-order valence-corrected chi connectivity index (χ1v) is 11.0. The van der Waals surface area contributed by atoms with Crippen LogP contribution in [0.4, 0.5) is 5.82 Å². The third-order valence-corrected chi connectivity index (χ3v) is 6.78. The van der Waals surface area contributed by atoms with E-state index in [1.807, 2.05) is 30.3 Å². The lowest BCUT2D eigenvalue weighted by Gasteiger charge is -2.32. The number of thioether (sulfide) groups is 1. The highest BCUT2D eigenvalue weighted by Crippen LogP contribution is 2.35. The van der Waals surface area contributed by atoms with Gasteiger partial charge in [0.05, 0.1) is 10.4 Å². The Morgan fingerprint density at radius 3 is 2.77 bits per heavy atom. The number of thiocarbonyl (C=S) groups is 1. The van der Waals surface area contributed by atoms with Gasteiger partial charge in [-0.3, -0.25) is 14.5 Å². The van der Waals surface area contributed by atoms with Gasteiger partial charge in [-0.15, -0.1) is 6.58 Å². The summed E-state index contributed by atoms with van der Waals surface area (Å²) in [6, 6.07) is 9.96. The molecule has 1 aromatic heterocycles. The Morgan fingerprint density at radius 2 is 2.07 bits per heavy atom. The van der Waals surface area contributed by atoms with Crippen LogP contribution in [0.3, 0.4) is 0 Å². The molecular formula is C22H22N4O2S2. The lowest BCUT2D eigenvalue weighted by Crippen LogP contribution is -2.39. The second-order valence-electron chi connectivity index (χ2n) is 7.34. The van der Waals surface area contributed by atoms with Crippen LogP contribution >= 0.6 is 24.0 Å². The molecule has 8 heteroatoms. The Balaban J connectivity index is 1.73. The quantitative estimate of drug-likeness (QED) is 0.438. The number of rotatable bonds is 5. The van der Waals surface area contributed by atoms with Crippen LogP contribution < -0.4 is 10.6 Å². The molecule has 6 nitrogen and oxygen atoms in total. The molecule has 2 N–H and O–H groups in total. The molecule has 154 valence electrons. The maximum absolute atomic E-state index is 12.8. The number of para-hydroxylation sites is 1. The molecule has 1 aromatic carbocycles. The Hall–Kier alpha value is -2.71. The van der Waals surface area contributed by atoms with Gasteiger partial charge in [-0.2, -0.15) is 0 Å². The molecule has 2 aromatic rings. The van der Waals surface area contributed by atoms with Crippen molar-refractivity contribution in [1.82, 2.24) is 9.88 Å². The third-order valence-electron chi connectivity index (χ3n) is 5.40. The number of primary amides is 1. The van der Waals surface area contributed by atoms with Crippen LogP contribution in [0.25, 0.3) is 17.0 Å². The van der Waals surface area contributed by atoms with Crippen LogP contribution in [0.5, 0.6) is 0 Å². The van der Waals surface area contributed by atoms with Crippen LogP contribution in [-0.4, -0.2) is 45.7 Å². The highest BCUT2D eigenvalue weighted by molar-refractivity contribution is 8.26. The van der Waals surface area contributed by atoms with Gasteiger partial charge in [-0.25, -0.2) is 4.98 Å². The number of amides is 2. The number of nitrogens with two attached hydrogens (primary N) is 1. The maximum Gasteiger partial charge on any atom is 0.266 e. The molecule has 0 spiro atoms. The number of carbonyl (C=O) groups excluding carboxylic acids is 2. The number of aromatic nitrogens is 1. The number of nitrogens with zero attached hydrogens (tertiary/aromatic N) is 3. The summed E-state index contributed by atoms with van der Waals surface area (Å²) in [5.41, 5.74) is 7.24. The predicted molar refractivity (Wildman–Crippen MR) is 126 cm³/mol. The number of hydrogen-bond acceptors (Lipinski definition) is 6. The van der Waals surface area contributed by atoms with E-state index in [1.165, 1.54) is 11.8 Å². The van der Waals surface area contributed by atoms with Gasteiger partial charge in [-0.05, 0) is 31.1 Å². The minimum absolute atomic E-state index is 0.0969. The van der Waals surface area contributed by atoms with Gasteiger partial charge in [0.2, 0.25) is 5.91 Å². The summed E-state index contributed by atoms with van der Waals surface area (Å²) in [6.45, 7) is 5.48. The smallest absolute Gasteiger partial charge is 0.266 e. The fourth-order valence-electron chi connectivity index (χ4n) is 3.79. The number of piperidine rings is 1. The second kappa shape index (κ2) is 8.57. The molecule has 2 saturated heterocycles. The molecule has 2 aliphatic heterocycles. The summed E-state index contributed by atoms with van der Waals surface area (Å²) in [5, 5.41) is 1.00. The van der Waals surface area contributed by atoms with E-state index >= 15 is 0 Å². The largest absolute Gasteiger partial charge is 0.369 e. The van der Waals surface area contributed by atoms with Gasteiger partial charge < -0.3 is 10.6 Å². The predicted octanol–water partition coefficient (Wildman–Crippen LogP) is 3.32. The van der Waals surface area contributed by atoms with Crippen molar-refractivity contribution in [2.45, 2.75) is 12.8 Å². The highest BCUT2D eigenvalue weighted by atomic mass is 32.2. The van der Waals surface area contributed by atoms with Crippen molar-refractivity contribution in [3.63, 3.8) is 0 Å². The molecule has 0 atom stereocenters. The van der Waals surface area contributed by atoms with Crippen molar-refractivity contribution in [2.24, 2.45) is 11.7 Å². The number of anilines is 1. The van der Waals surface area contributed by atoms with E-state index in [2.05, 4.69) is 17.5 Å². The van der Waals surface area contributed by atoms with Crippen molar-refractivity contribution < 1.29 is 9.59 Å². The van der Waals surface area contributed by atoms with E-state index in [-0.39, 0.29) is 17.7 Å². The van der Waals surface area contributed by atoms with E-state index in [0.29, 0.717) is 41.7 Å². The molecule has 4 rings (SSSR count). The minimum Gasteiger partial charge on any atom is -0.369 e. The van der Waals surface area contributed by atoms with Crippen LogP contribution in [0.15, 0.2) is 47.9 Å². The van der Waals surface area contributed by atoms with E-state index in [1.54, 1.807) is 11.0 Å². The first-order valence-electron chi connectivity index (χ1n) is 9.78. The lowest BCUT2D eigenvalue weighted by atomic mass is 9.96. The van der Waals surface area contributed by atoms with Crippen molar-refractivity contribution in [1.29, 1.82) is 0 Å². The molecule has 3 heterocycles. The fourth-order valence-corrected chi connectivity index (χ4v) is 5.05. The number of carbonyl (C=O) groups is 2.